The van der Waals surface area contributed by atoms with E-state index in [9.17, 15) is 14.6 Å². The third-order valence-corrected chi connectivity index (χ3v) is 8.33. The number of hydrogen-bond acceptors (Lipinski definition) is 6. The number of fused-ring (bicyclic) bond motifs is 2. The number of rotatable bonds is 3. The number of aromatic nitrogens is 2. The van der Waals surface area contributed by atoms with Gasteiger partial charge in [0.15, 0.2) is 11.5 Å². The molecule has 8 heteroatoms. The fourth-order valence-electron chi connectivity index (χ4n) is 4.86. The monoisotopic (exact) mass is 474 g/mol. The van der Waals surface area contributed by atoms with Gasteiger partial charge in [0.2, 0.25) is 0 Å². The molecule has 0 amide bonds. The highest BCUT2D eigenvalue weighted by molar-refractivity contribution is 7.70. The standard InChI is InChI=1S/C26H27N4O3P/c1-16-5-8-23-21(13-16)28-25(33-23)17-9-11-30(12-10-17)24-19-14-18(34(3,4)32)6-7-22(19)29(2)26(31)20(24)15-27/h5-8,13-14,17H,9-12H2,1-4H3. The van der Waals surface area contributed by atoms with Crippen LogP contribution >= 0.6 is 7.14 Å². The van der Waals surface area contributed by atoms with Crippen molar-refractivity contribution in [3.05, 3.63) is 63.8 Å². The summed E-state index contributed by atoms with van der Waals surface area (Å²) in [6.45, 7) is 6.83. The van der Waals surface area contributed by atoms with E-state index < -0.39 is 7.14 Å². The Bertz CT molecular complexity index is 1580. The van der Waals surface area contributed by atoms with E-state index in [-0.39, 0.29) is 17.0 Å². The summed E-state index contributed by atoms with van der Waals surface area (Å²) >= 11 is 0. The quantitative estimate of drug-likeness (QED) is 0.406. The maximum atomic E-state index is 13.0. The molecule has 1 aliphatic heterocycles. The number of nitrogens with zero attached hydrogens (tertiary/aromatic N) is 4. The molecule has 4 aromatic rings. The number of nitriles is 1. The van der Waals surface area contributed by atoms with Crippen molar-refractivity contribution in [2.75, 3.05) is 31.3 Å². The Morgan fingerprint density at radius 3 is 2.56 bits per heavy atom. The van der Waals surface area contributed by atoms with Crippen LogP contribution in [-0.4, -0.2) is 36.0 Å². The van der Waals surface area contributed by atoms with E-state index in [1.807, 2.05) is 43.3 Å². The Kier molecular flexibility index (Phi) is 5.37. The van der Waals surface area contributed by atoms with Gasteiger partial charge in [0, 0.05) is 36.7 Å². The number of pyridine rings is 1. The molecule has 0 atom stereocenters. The van der Waals surface area contributed by atoms with E-state index >= 15 is 0 Å². The van der Waals surface area contributed by atoms with E-state index in [1.165, 1.54) is 4.57 Å². The summed E-state index contributed by atoms with van der Waals surface area (Å²) in [6.07, 6.45) is 1.60. The summed E-state index contributed by atoms with van der Waals surface area (Å²) in [5, 5.41) is 11.4. The Hall–Kier alpha value is -3.36. The van der Waals surface area contributed by atoms with Gasteiger partial charge in [0.1, 0.15) is 24.3 Å². The molecule has 1 aliphatic rings. The van der Waals surface area contributed by atoms with Crippen LogP contribution in [0, 0.1) is 18.3 Å². The summed E-state index contributed by atoms with van der Waals surface area (Å²) in [5.41, 5.74) is 4.00. The Morgan fingerprint density at radius 2 is 1.88 bits per heavy atom. The second-order valence-electron chi connectivity index (χ2n) is 9.54. The van der Waals surface area contributed by atoms with Gasteiger partial charge >= 0.3 is 0 Å². The number of piperidine rings is 1. The highest BCUT2D eigenvalue weighted by atomic mass is 31.2. The first-order valence-electron chi connectivity index (χ1n) is 11.4. The van der Waals surface area contributed by atoms with Crippen molar-refractivity contribution in [3.63, 3.8) is 0 Å². The van der Waals surface area contributed by atoms with Gasteiger partial charge in [-0.2, -0.15) is 5.26 Å². The molecule has 0 spiro atoms. The molecule has 0 radical (unpaired) electrons. The van der Waals surface area contributed by atoms with Crippen molar-refractivity contribution in [3.8, 4) is 6.07 Å². The first kappa shape index (κ1) is 22.4. The van der Waals surface area contributed by atoms with Crippen molar-refractivity contribution in [2.45, 2.75) is 25.7 Å². The molecule has 0 saturated carbocycles. The predicted molar refractivity (Wildman–Crippen MR) is 136 cm³/mol. The summed E-state index contributed by atoms with van der Waals surface area (Å²) in [7, 11) is -0.836. The minimum atomic E-state index is -2.51. The summed E-state index contributed by atoms with van der Waals surface area (Å²) in [6, 6.07) is 13.7. The van der Waals surface area contributed by atoms with Crippen LogP contribution in [0.25, 0.3) is 22.0 Å². The van der Waals surface area contributed by atoms with Crippen molar-refractivity contribution < 1.29 is 8.98 Å². The number of oxazole rings is 1. The largest absolute Gasteiger partial charge is 0.440 e. The summed E-state index contributed by atoms with van der Waals surface area (Å²) in [5.74, 6) is 0.921. The van der Waals surface area contributed by atoms with Gasteiger partial charge in [-0.25, -0.2) is 4.98 Å². The average molecular weight is 475 g/mol. The lowest BCUT2D eigenvalue weighted by atomic mass is 9.95. The summed E-state index contributed by atoms with van der Waals surface area (Å²) in [4.78, 5) is 19.8. The Balaban J connectivity index is 1.54. The van der Waals surface area contributed by atoms with Crippen molar-refractivity contribution in [1.82, 2.24) is 9.55 Å². The normalized spacial score (nSPS) is 15.2. The third-order valence-electron chi connectivity index (χ3n) is 6.81. The second-order valence-corrected chi connectivity index (χ2v) is 12.8. The molecule has 1 saturated heterocycles. The molecule has 0 bridgehead atoms. The van der Waals surface area contributed by atoms with Crippen LogP contribution in [0.2, 0.25) is 0 Å². The molecule has 1 fully saturated rings. The third kappa shape index (κ3) is 3.73. The highest BCUT2D eigenvalue weighted by Gasteiger charge is 2.29. The molecule has 0 unspecified atom stereocenters. The number of benzene rings is 2. The number of aryl methyl sites for hydroxylation is 2. The van der Waals surface area contributed by atoms with E-state index in [0.29, 0.717) is 18.8 Å². The Morgan fingerprint density at radius 1 is 1.15 bits per heavy atom. The molecule has 2 aromatic carbocycles. The van der Waals surface area contributed by atoms with Crippen LogP contribution in [0.1, 0.15) is 35.8 Å². The molecule has 7 nitrogen and oxygen atoms in total. The zero-order valence-corrected chi connectivity index (χ0v) is 20.7. The molecule has 0 aliphatic carbocycles. The molecule has 34 heavy (non-hydrogen) atoms. The maximum Gasteiger partial charge on any atom is 0.270 e. The van der Waals surface area contributed by atoms with Crippen molar-refractivity contribution in [1.29, 1.82) is 5.26 Å². The highest BCUT2D eigenvalue weighted by Crippen LogP contribution is 2.39. The van der Waals surface area contributed by atoms with Crippen LogP contribution in [-0.2, 0) is 11.6 Å². The zero-order chi connectivity index (χ0) is 24.2. The van der Waals surface area contributed by atoms with Crippen molar-refractivity contribution in [2.24, 2.45) is 7.05 Å². The van der Waals surface area contributed by atoms with E-state index in [2.05, 4.69) is 11.0 Å². The molecular weight excluding hydrogens is 447 g/mol. The van der Waals surface area contributed by atoms with Crippen LogP contribution in [0.15, 0.2) is 45.6 Å². The lowest BCUT2D eigenvalue weighted by Crippen LogP contribution is -2.36. The fraction of sp³-hybridized carbons (Fsp3) is 0.346. The van der Waals surface area contributed by atoms with Gasteiger partial charge < -0.3 is 18.4 Å². The molecule has 2 aromatic heterocycles. The van der Waals surface area contributed by atoms with Gasteiger partial charge in [-0.3, -0.25) is 4.79 Å². The fourth-order valence-corrected chi connectivity index (χ4v) is 5.74. The summed E-state index contributed by atoms with van der Waals surface area (Å²) < 4.78 is 20.3. The SMILES string of the molecule is Cc1ccc2oc(C3CCN(c4c(C#N)c(=O)n(C)c5ccc(P(C)(C)=O)cc45)CC3)nc2c1. The lowest BCUT2D eigenvalue weighted by molar-refractivity contribution is 0.407. The predicted octanol–water partition coefficient (Wildman–Crippen LogP) is 4.49. The second kappa shape index (κ2) is 8.14. The number of anilines is 1. The molecule has 3 heterocycles. The van der Waals surface area contributed by atoms with Crippen LogP contribution in [0.5, 0.6) is 0 Å². The first-order valence-corrected chi connectivity index (χ1v) is 14.0. The molecule has 0 N–H and O–H groups in total. The van der Waals surface area contributed by atoms with Crippen LogP contribution in [0.4, 0.5) is 5.69 Å². The van der Waals surface area contributed by atoms with Crippen LogP contribution < -0.4 is 15.8 Å². The average Bonchev–Trinajstić information content (AvgIpc) is 3.23. The van der Waals surface area contributed by atoms with E-state index in [4.69, 9.17) is 9.40 Å². The molecule has 5 rings (SSSR count). The minimum Gasteiger partial charge on any atom is -0.440 e. The number of hydrogen-bond donors (Lipinski definition) is 0. The van der Waals surface area contributed by atoms with Gasteiger partial charge in [0.05, 0.1) is 11.2 Å². The lowest BCUT2D eigenvalue weighted by Gasteiger charge is -2.34. The first-order chi connectivity index (χ1) is 16.2. The minimum absolute atomic E-state index is 0.130. The Labute approximate surface area is 198 Å². The van der Waals surface area contributed by atoms with Gasteiger partial charge in [0.25, 0.3) is 5.56 Å². The zero-order valence-electron chi connectivity index (χ0n) is 19.8. The van der Waals surface area contributed by atoms with Gasteiger partial charge in [-0.1, -0.05) is 6.07 Å². The van der Waals surface area contributed by atoms with Crippen molar-refractivity contribution >= 4 is 40.1 Å². The van der Waals surface area contributed by atoms with E-state index in [1.54, 1.807) is 20.4 Å². The van der Waals surface area contributed by atoms with Gasteiger partial charge in [-0.05, 0) is 69.0 Å². The topological polar surface area (TPSA) is 92.1 Å². The smallest absolute Gasteiger partial charge is 0.270 e. The molecular formula is C26H27N4O3P. The van der Waals surface area contributed by atoms with Gasteiger partial charge in [-0.15, -0.1) is 0 Å². The maximum absolute atomic E-state index is 13.0. The van der Waals surface area contributed by atoms with E-state index in [0.717, 1.165) is 51.6 Å². The van der Waals surface area contributed by atoms with Crippen LogP contribution in [0.3, 0.4) is 0 Å². The molecule has 174 valence electrons.